The minimum Gasteiger partial charge on any atom is -0.462 e. The highest BCUT2D eigenvalue weighted by molar-refractivity contribution is 7.17. The molecule has 0 saturated heterocycles. The average molecular weight is 349 g/mol. The highest BCUT2D eigenvalue weighted by Crippen LogP contribution is 2.44. The van der Waals surface area contributed by atoms with Crippen molar-refractivity contribution >= 4 is 28.2 Å². The lowest BCUT2D eigenvalue weighted by Crippen LogP contribution is -2.26. The van der Waals surface area contributed by atoms with Crippen molar-refractivity contribution in [2.45, 2.75) is 53.9 Å². The van der Waals surface area contributed by atoms with Gasteiger partial charge >= 0.3 is 5.97 Å². The van der Waals surface area contributed by atoms with Crippen LogP contribution in [0, 0.1) is 11.3 Å². The number of fused-ring (bicyclic) bond motifs is 1. The fourth-order valence-corrected chi connectivity index (χ4v) is 4.46. The van der Waals surface area contributed by atoms with E-state index in [1.807, 2.05) is 0 Å². The lowest BCUT2D eigenvalue weighted by atomic mass is 9.72. The van der Waals surface area contributed by atoms with E-state index < -0.39 is 0 Å². The lowest BCUT2D eigenvalue weighted by molar-refractivity contribution is -0.111. The van der Waals surface area contributed by atoms with Gasteiger partial charge in [0.2, 0.25) is 5.91 Å². The van der Waals surface area contributed by atoms with Crippen LogP contribution in [-0.2, 0) is 22.4 Å². The molecule has 1 aliphatic rings. The van der Waals surface area contributed by atoms with Crippen molar-refractivity contribution in [3.8, 4) is 0 Å². The molecule has 1 aromatic heterocycles. The van der Waals surface area contributed by atoms with Crippen LogP contribution < -0.4 is 5.32 Å². The maximum Gasteiger partial charge on any atom is 0.341 e. The summed E-state index contributed by atoms with van der Waals surface area (Å²) in [6.45, 7) is 10.7. The van der Waals surface area contributed by atoms with Gasteiger partial charge in [-0.25, -0.2) is 4.79 Å². The van der Waals surface area contributed by atoms with E-state index in [4.69, 9.17) is 4.74 Å². The first-order valence-electron chi connectivity index (χ1n) is 8.53. The van der Waals surface area contributed by atoms with Crippen molar-refractivity contribution in [1.29, 1.82) is 0 Å². The monoisotopic (exact) mass is 349 g/mol. The van der Waals surface area contributed by atoms with Crippen LogP contribution in [0.25, 0.3) is 0 Å². The first kappa shape index (κ1) is 18.7. The number of carbonyl (C=O) groups excluding carboxylic acids is 2. The molecule has 0 aromatic carbocycles. The number of allylic oxidation sites excluding steroid dienone is 1. The maximum absolute atomic E-state index is 12.4. The number of hydrogen-bond acceptors (Lipinski definition) is 4. The van der Waals surface area contributed by atoms with Crippen LogP contribution in [0.4, 0.5) is 5.00 Å². The second-order valence-corrected chi connectivity index (χ2v) is 8.33. The minimum atomic E-state index is -0.333. The number of anilines is 1. The molecule has 0 saturated carbocycles. The third-order valence-electron chi connectivity index (χ3n) is 4.52. The van der Waals surface area contributed by atoms with E-state index in [2.05, 4.69) is 26.1 Å². The Kier molecular flexibility index (Phi) is 5.86. The van der Waals surface area contributed by atoms with Crippen LogP contribution in [0.2, 0.25) is 0 Å². The normalized spacial score (nSPS) is 17.6. The zero-order valence-corrected chi connectivity index (χ0v) is 16.0. The molecule has 0 bridgehead atoms. The number of thiophene rings is 1. The fraction of sp³-hybridized carbons (Fsp3) is 0.579. The van der Waals surface area contributed by atoms with Gasteiger partial charge in [-0.1, -0.05) is 26.8 Å². The maximum atomic E-state index is 12.4. The smallest absolute Gasteiger partial charge is 0.341 e. The van der Waals surface area contributed by atoms with Crippen LogP contribution in [0.5, 0.6) is 0 Å². The SMILES string of the molecule is C/C=C/C(=O)Nc1sc2c(c1C(=O)OCC)CC[C@@H](C(C)(C)C)C2. The molecule has 24 heavy (non-hydrogen) atoms. The van der Waals surface area contributed by atoms with Gasteiger partial charge in [0.1, 0.15) is 5.00 Å². The number of amides is 1. The summed E-state index contributed by atoms with van der Waals surface area (Å²) in [5.74, 6) is 0.0341. The number of ether oxygens (including phenoxy) is 1. The Morgan fingerprint density at radius 3 is 2.67 bits per heavy atom. The molecule has 0 spiro atoms. The van der Waals surface area contributed by atoms with Gasteiger partial charge in [0, 0.05) is 4.88 Å². The van der Waals surface area contributed by atoms with Crippen molar-refractivity contribution in [3.63, 3.8) is 0 Å². The zero-order chi connectivity index (χ0) is 17.9. The van der Waals surface area contributed by atoms with E-state index in [1.165, 1.54) is 22.3 Å². The van der Waals surface area contributed by atoms with E-state index >= 15 is 0 Å². The number of hydrogen-bond donors (Lipinski definition) is 1. The van der Waals surface area contributed by atoms with E-state index in [-0.39, 0.29) is 17.3 Å². The van der Waals surface area contributed by atoms with Crippen molar-refractivity contribution < 1.29 is 14.3 Å². The highest BCUT2D eigenvalue weighted by atomic mass is 32.1. The second kappa shape index (κ2) is 7.51. The van der Waals surface area contributed by atoms with Crippen molar-refractivity contribution in [2.75, 3.05) is 11.9 Å². The van der Waals surface area contributed by atoms with Gasteiger partial charge in [0.05, 0.1) is 12.2 Å². The van der Waals surface area contributed by atoms with Gasteiger partial charge in [-0.15, -0.1) is 11.3 Å². The molecule has 0 aliphatic heterocycles. The summed E-state index contributed by atoms with van der Waals surface area (Å²) in [5.41, 5.74) is 1.86. The fourth-order valence-electron chi connectivity index (χ4n) is 3.14. The molecular weight excluding hydrogens is 322 g/mol. The van der Waals surface area contributed by atoms with E-state index in [1.54, 1.807) is 19.9 Å². The molecule has 1 aromatic rings. The number of esters is 1. The number of nitrogens with one attached hydrogen (secondary N) is 1. The van der Waals surface area contributed by atoms with E-state index in [0.717, 1.165) is 24.8 Å². The van der Waals surface area contributed by atoms with Gasteiger partial charge in [-0.2, -0.15) is 0 Å². The standard InChI is InChI=1S/C19H27NO3S/c1-6-8-15(21)20-17-16(18(22)23-7-2)13-10-9-12(19(3,4)5)11-14(13)24-17/h6,8,12H,7,9-11H2,1-5H3,(H,20,21)/b8-6+/t12-/m1/s1. The first-order valence-corrected chi connectivity index (χ1v) is 9.34. The topological polar surface area (TPSA) is 55.4 Å². The van der Waals surface area contributed by atoms with Crippen LogP contribution in [0.1, 0.15) is 61.8 Å². The molecule has 1 N–H and O–H groups in total. The molecular formula is C19H27NO3S. The molecule has 1 amide bonds. The Morgan fingerprint density at radius 2 is 2.08 bits per heavy atom. The summed E-state index contributed by atoms with van der Waals surface area (Å²) in [6, 6.07) is 0. The summed E-state index contributed by atoms with van der Waals surface area (Å²) in [6.07, 6.45) is 6.02. The van der Waals surface area contributed by atoms with E-state index in [9.17, 15) is 9.59 Å². The Balaban J connectivity index is 2.39. The summed E-state index contributed by atoms with van der Waals surface area (Å²) >= 11 is 1.52. The van der Waals surface area contributed by atoms with Gasteiger partial charge in [-0.05, 0) is 56.1 Å². The van der Waals surface area contributed by atoms with Gasteiger partial charge in [-0.3, -0.25) is 4.79 Å². The van der Waals surface area contributed by atoms with Gasteiger partial charge in [0.25, 0.3) is 0 Å². The molecule has 2 rings (SSSR count). The van der Waals surface area contributed by atoms with Crippen LogP contribution in [0.3, 0.4) is 0 Å². The Morgan fingerprint density at radius 1 is 1.38 bits per heavy atom. The first-order chi connectivity index (χ1) is 11.3. The molecule has 0 radical (unpaired) electrons. The van der Waals surface area contributed by atoms with Gasteiger partial charge < -0.3 is 10.1 Å². The van der Waals surface area contributed by atoms with Crippen LogP contribution >= 0.6 is 11.3 Å². The predicted molar refractivity (Wildman–Crippen MR) is 98.7 cm³/mol. The minimum absolute atomic E-state index is 0.214. The highest BCUT2D eigenvalue weighted by Gasteiger charge is 2.34. The van der Waals surface area contributed by atoms with Gasteiger partial charge in [0.15, 0.2) is 0 Å². The number of rotatable bonds is 4. The molecule has 1 aliphatic carbocycles. The largest absolute Gasteiger partial charge is 0.462 e. The summed E-state index contributed by atoms with van der Waals surface area (Å²) in [5, 5.41) is 3.47. The molecule has 1 atom stereocenters. The summed E-state index contributed by atoms with van der Waals surface area (Å²) < 4.78 is 5.23. The van der Waals surface area contributed by atoms with Crippen LogP contribution in [0.15, 0.2) is 12.2 Å². The molecule has 5 heteroatoms. The van der Waals surface area contributed by atoms with Crippen molar-refractivity contribution in [1.82, 2.24) is 0 Å². The Bertz CT molecular complexity index is 652. The summed E-state index contributed by atoms with van der Waals surface area (Å²) in [7, 11) is 0. The third-order valence-corrected chi connectivity index (χ3v) is 5.69. The van der Waals surface area contributed by atoms with E-state index in [0.29, 0.717) is 23.1 Å². The molecule has 1 heterocycles. The van der Waals surface area contributed by atoms with Crippen LogP contribution in [-0.4, -0.2) is 18.5 Å². The number of carbonyl (C=O) groups is 2. The van der Waals surface area contributed by atoms with Crippen molar-refractivity contribution in [2.24, 2.45) is 11.3 Å². The molecule has 4 nitrogen and oxygen atoms in total. The van der Waals surface area contributed by atoms with Crippen molar-refractivity contribution in [3.05, 3.63) is 28.2 Å². The molecule has 0 fully saturated rings. The predicted octanol–water partition coefficient (Wildman–Crippen LogP) is 4.59. The zero-order valence-electron chi connectivity index (χ0n) is 15.2. The molecule has 0 unspecified atom stereocenters. The quantitative estimate of drug-likeness (QED) is 0.639. The third kappa shape index (κ3) is 4.07. The summed E-state index contributed by atoms with van der Waals surface area (Å²) in [4.78, 5) is 25.6. The molecule has 132 valence electrons. The Labute approximate surface area is 148 Å². The Hall–Kier alpha value is -1.62. The second-order valence-electron chi connectivity index (χ2n) is 7.22. The lowest BCUT2D eigenvalue weighted by Gasteiger charge is -2.33. The average Bonchev–Trinajstić information content (AvgIpc) is 2.83.